The molecule has 0 unspecified atom stereocenters. The first-order valence-electron chi connectivity index (χ1n) is 6.59. The van der Waals surface area contributed by atoms with Crippen LogP contribution in [-0.2, 0) is 14.3 Å². The second-order valence-electron chi connectivity index (χ2n) is 4.66. The maximum atomic E-state index is 12.1. The number of amides is 2. The van der Waals surface area contributed by atoms with Crippen LogP contribution in [0.25, 0.3) is 0 Å². The van der Waals surface area contributed by atoms with Crippen LogP contribution in [0.4, 0.5) is 5.69 Å². The van der Waals surface area contributed by atoms with Crippen molar-refractivity contribution in [3.8, 4) is 0 Å². The molecule has 0 saturated carbocycles. The van der Waals surface area contributed by atoms with Crippen molar-refractivity contribution in [3.05, 3.63) is 42.5 Å². The molecule has 0 radical (unpaired) electrons. The van der Waals surface area contributed by atoms with Gasteiger partial charge in [0.2, 0.25) is 5.91 Å². The number of carbonyl (C=O) groups excluding carboxylic acids is 2. The average Bonchev–Trinajstić information content (AvgIpc) is 2.95. The Morgan fingerprint density at radius 3 is 2.67 bits per heavy atom. The Bertz CT molecular complexity index is 527. The maximum absolute atomic E-state index is 12.1. The van der Waals surface area contributed by atoms with Gasteiger partial charge in [-0.1, -0.05) is 6.58 Å². The van der Waals surface area contributed by atoms with Crippen molar-refractivity contribution in [2.24, 2.45) is 0 Å². The molecule has 0 spiro atoms. The van der Waals surface area contributed by atoms with Crippen LogP contribution >= 0.6 is 0 Å². The van der Waals surface area contributed by atoms with Gasteiger partial charge in [0.05, 0.1) is 19.3 Å². The monoisotopic (exact) mass is 290 g/mol. The van der Waals surface area contributed by atoms with Crippen LogP contribution in [0.1, 0.15) is 10.4 Å². The number of hydrogen-bond acceptors (Lipinski definition) is 4. The minimum absolute atomic E-state index is 0.125. The molecule has 6 heteroatoms. The minimum Gasteiger partial charge on any atom is -0.377 e. The van der Waals surface area contributed by atoms with Gasteiger partial charge in [-0.3, -0.25) is 9.59 Å². The number of methoxy groups -OCH3 is 1. The largest absolute Gasteiger partial charge is 0.377 e. The number of anilines is 1. The van der Waals surface area contributed by atoms with Crippen LogP contribution in [0.5, 0.6) is 0 Å². The lowest BCUT2D eigenvalue weighted by Gasteiger charge is -2.17. The van der Waals surface area contributed by atoms with Crippen LogP contribution in [0.3, 0.4) is 0 Å². The van der Waals surface area contributed by atoms with Crippen molar-refractivity contribution < 1.29 is 19.1 Å². The summed E-state index contributed by atoms with van der Waals surface area (Å²) in [7, 11) is 1.59. The molecule has 21 heavy (non-hydrogen) atoms. The van der Waals surface area contributed by atoms with E-state index >= 15 is 0 Å². The lowest BCUT2D eigenvalue weighted by atomic mass is 10.1. The first-order valence-corrected chi connectivity index (χ1v) is 6.59. The molecule has 2 amide bonds. The SMILES string of the molecule is C=CC(=O)Nc1ccc(C(=O)N[C@@H]2COC[C@H]2OC)cc1. The van der Waals surface area contributed by atoms with Crippen LogP contribution in [0.2, 0.25) is 0 Å². The fourth-order valence-electron chi connectivity index (χ4n) is 2.05. The third-order valence-corrected chi connectivity index (χ3v) is 3.25. The number of rotatable bonds is 5. The Kier molecular flexibility index (Phi) is 5.08. The van der Waals surface area contributed by atoms with E-state index in [1.807, 2.05) is 0 Å². The first kappa shape index (κ1) is 15.2. The van der Waals surface area contributed by atoms with E-state index in [1.54, 1.807) is 31.4 Å². The van der Waals surface area contributed by atoms with E-state index in [2.05, 4.69) is 17.2 Å². The zero-order valence-electron chi connectivity index (χ0n) is 11.8. The molecule has 2 N–H and O–H groups in total. The highest BCUT2D eigenvalue weighted by Gasteiger charge is 2.29. The van der Waals surface area contributed by atoms with E-state index in [4.69, 9.17) is 9.47 Å². The molecule has 112 valence electrons. The highest BCUT2D eigenvalue weighted by atomic mass is 16.5. The van der Waals surface area contributed by atoms with Gasteiger partial charge in [-0.2, -0.15) is 0 Å². The number of benzene rings is 1. The van der Waals surface area contributed by atoms with E-state index in [-0.39, 0.29) is 24.0 Å². The zero-order valence-corrected chi connectivity index (χ0v) is 11.8. The summed E-state index contributed by atoms with van der Waals surface area (Å²) >= 11 is 0. The molecule has 0 aromatic heterocycles. The Labute approximate surface area is 123 Å². The molecule has 6 nitrogen and oxygen atoms in total. The van der Waals surface area contributed by atoms with E-state index in [9.17, 15) is 9.59 Å². The molecule has 1 fully saturated rings. The predicted molar refractivity (Wildman–Crippen MR) is 78.1 cm³/mol. The van der Waals surface area contributed by atoms with Gasteiger partial charge in [0, 0.05) is 18.4 Å². The normalized spacial score (nSPS) is 20.8. The molecular formula is C15H18N2O4. The fourth-order valence-corrected chi connectivity index (χ4v) is 2.05. The summed E-state index contributed by atoms with van der Waals surface area (Å²) in [6.45, 7) is 4.30. The van der Waals surface area contributed by atoms with E-state index in [1.165, 1.54) is 6.08 Å². The maximum Gasteiger partial charge on any atom is 0.251 e. The molecule has 1 aliphatic rings. The molecule has 2 rings (SSSR count). The Morgan fingerprint density at radius 2 is 2.05 bits per heavy atom. The van der Waals surface area contributed by atoms with Crippen molar-refractivity contribution >= 4 is 17.5 Å². The number of ether oxygens (including phenoxy) is 2. The van der Waals surface area contributed by atoms with Gasteiger partial charge in [0.25, 0.3) is 5.91 Å². The Morgan fingerprint density at radius 1 is 1.33 bits per heavy atom. The zero-order chi connectivity index (χ0) is 15.2. The van der Waals surface area contributed by atoms with Crippen molar-refractivity contribution in [1.82, 2.24) is 5.32 Å². The Balaban J connectivity index is 1.96. The molecule has 2 atom stereocenters. The van der Waals surface area contributed by atoms with Crippen molar-refractivity contribution in [3.63, 3.8) is 0 Å². The molecule has 0 bridgehead atoms. The second kappa shape index (κ2) is 7.01. The summed E-state index contributed by atoms with van der Waals surface area (Å²) in [5.74, 6) is -0.493. The van der Waals surface area contributed by atoms with E-state index in [0.717, 1.165) is 0 Å². The molecule has 0 aliphatic carbocycles. The summed E-state index contributed by atoms with van der Waals surface area (Å²) in [6.07, 6.45) is 1.06. The third-order valence-electron chi connectivity index (χ3n) is 3.25. The smallest absolute Gasteiger partial charge is 0.251 e. The summed E-state index contributed by atoms with van der Waals surface area (Å²) in [6, 6.07) is 6.46. The predicted octanol–water partition coefficient (Wildman–Crippen LogP) is 0.955. The Hall–Kier alpha value is -2.18. The van der Waals surface area contributed by atoms with Gasteiger partial charge in [-0.25, -0.2) is 0 Å². The summed E-state index contributed by atoms with van der Waals surface area (Å²) in [5, 5.41) is 5.49. The molecule has 1 aromatic rings. The van der Waals surface area contributed by atoms with Crippen LogP contribution in [-0.4, -0.2) is 44.3 Å². The average molecular weight is 290 g/mol. The fraction of sp³-hybridized carbons (Fsp3) is 0.333. The van der Waals surface area contributed by atoms with E-state index in [0.29, 0.717) is 24.5 Å². The molecule has 1 aliphatic heterocycles. The number of carbonyl (C=O) groups is 2. The summed E-state index contributed by atoms with van der Waals surface area (Å²) in [4.78, 5) is 23.3. The quantitative estimate of drug-likeness (QED) is 0.792. The van der Waals surface area contributed by atoms with Crippen molar-refractivity contribution in [2.75, 3.05) is 25.6 Å². The lowest BCUT2D eigenvalue weighted by molar-refractivity contribution is -0.111. The first-order chi connectivity index (χ1) is 10.1. The number of nitrogens with one attached hydrogen (secondary N) is 2. The van der Waals surface area contributed by atoms with Crippen molar-refractivity contribution in [2.45, 2.75) is 12.1 Å². The van der Waals surface area contributed by atoms with E-state index < -0.39 is 0 Å². The van der Waals surface area contributed by atoms with Crippen molar-refractivity contribution in [1.29, 1.82) is 0 Å². The summed E-state index contributed by atoms with van der Waals surface area (Å²) in [5.41, 5.74) is 1.11. The molecule has 1 saturated heterocycles. The summed E-state index contributed by atoms with van der Waals surface area (Å²) < 4.78 is 10.5. The van der Waals surface area contributed by atoms with Gasteiger partial charge < -0.3 is 20.1 Å². The van der Waals surface area contributed by atoms with Crippen LogP contribution in [0.15, 0.2) is 36.9 Å². The highest BCUT2D eigenvalue weighted by Crippen LogP contribution is 2.12. The van der Waals surface area contributed by atoms with Gasteiger partial charge in [0.15, 0.2) is 0 Å². The molecular weight excluding hydrogens is 272 g/mol. The van der Waals surface area contributed by atoms with Gasteiger partial charge >= 0.3 is 0 Å². The third kappa shape index (κ3) is 3.90. The highest BCUT2D eigenvalue weighted by molar-refractivity contribution is 5.99. The topological polar surface area (TPSA) is 76.7 Å². The standard InChI is InChI=1S/C15H18N2O4/c1-3-14(18)16-11-6-4-10(5-7-11)15(19)17-12-8-21-9-13(12)20-2/h3-7,12-13H,1,8-9H2,2H3,(H,16,18)(H,17,19)/t12-,13-/m1/s1. The van der Waals surface area contributed by atoms with Crippen LogP contribution in [0, 0.1) is 0 Å². The number of hydrogen-bond donors (Lipinski definition) is 2. The molecule has 1 heterocycles. The van der Waals surface area contributed by atoms with Gasteiger partial charge in [-0.15, -0.1) is 0 Å². The minimum atomic E-state index is -0.293. The van der Waals surface area contributed by atoms with Gasteiger partial charge in [0.1, 0.15) is 6.10 Å². The lowest BCUT2D eigenvalue weighted by Crippen LogP contribution is -2.43. The van der Waals surface area contributed by atoms with Gasteiger partial charge in [-0.05, 0) is 30.3 Å². The second-order valence-corrected chi connectivity index (χ2v) is 4.66. The molecule has 1 aromatic carbocycles. The van der Waals surface area contributed by atoms with Crippen LogP contribution < -0.4 is 10.6 Å².